The Balaban J connectivity index is 0.000000215. The molecule has 0 spiro atoms. The molecule has 4 heterocycles. The van der Waals surface area contributed by atoms with E-state index < -0.39 is 0 Å². The maximum absolute atomic E-state index is 14.5. The number of phenolic OH excluding ortho intramolecular Hbond substituents is 1. The lowest BCUT2D eigenvalue weighted by Gasteiger charge is -2.20. The predicted octanol–water partition coefficient (Wildman–Crippen LogP) is 20.3. The van der Waals surface area contributed by atoms with E-state index >= 15 is 0 Å². The molecule has 0 fully saturated rings. The lowest BCUT2D eigenvalue weighted by atomic mass is 9.86. The first-order valence-corrected chi connectivity index (χ1v) is 31.8. The second-order valence-electron chi connectivity index (χ2n) is 29.2. The van der Waals surface area contributed by atoms with Gasteiger partial charge in [-0.15, -0.1) is 0 Å². The molecule has 0 radical (unpaired) electrons. The molecule has 11 heteroatoms. The lowest BCUT2D eigenvalue weighted by molar-refractivity contribution is 0.472. The largest absolute Gasteiger partial charge is 0.507 e. The molecular formula is C78H108FN9O. The summed E-state index contributed by atoms with van der Waals surface area (Å²) in [5.74, 6) is 4.29. The Morgan fingerprint density at radius 1 is 0.449 bits per heavy atom. The third-order valence-corrected chi connectivity index (χ3v) is 17.0. The molecule has 0 bridgehead atoms. The van der Waals surface area contributed by atoms with Gasteiger partial charge in [0.1, 0.15) is 11.6 Å². The van der Waals surface area contributed by atoms with Crippen LogP contribution in [0.4, 0.5) is 4.39 Å². The number of hydrogen-bond acceptors (Lipinski definition) is 10. The Morgan fingerprint density at radius 3 is 1.18 bits per heavy atom. The Labute approximate surface area is 536 Å². The SMILES string of the molecule is C.Cc1nc(-c2ccc(C(C)(C)C)cc2)nc(CN)c1C(C)C.Cc1nc(-c2ccc(C(C)(C)C)cc2F)nc(C)c1C(C)C.Cc1nc(-c2ccc(C(C)(C)C)cc2O)nc(C)c1C(C)C.Cc1nc(-c2ccc3c(c2)CCC3(C)C)nc(C)c1C(C)C. The number of nitrogens with two attached hydrogens (primary N) is 1. The van der Waals surface area contributed by atoms with Gasteiger partial charge in [0, 0.05) is 57.5 Å². The summed E-state index contributed by atoms with van der Waals surface area (Å²) in [5, 5.41) is 10.4. The minimum atomic E-state index is -0.261. The molecule has 0 saturated heterocycles. The number of fused-ring (bicyclic) bond motifs is 1. The van der Waals surface area contributed by atoms with Crippen molar-refractivity contribution in [3.8, 4) is 51.3 Å². The summed E-state index contributed by atoms with van der Waals surface area (Å²) < 4.78 is 14.5. The number of aromatic nitrogens is 8. The van der Waals surface area contributed by atoms with E-state index in [9.17, 15) is 9.50 Å². The fourth-order valence-electron chi connectivity index (χ4n) is 12.4. The fraction of sp³-hybridized carbons (Fsp3) is 0.487. The highest BCUT2D eigenvalue weighted by atomic mass is 19.1. The van der Waals surface area contributed by atoms with Gasteiger partial charge in [0.2, 0.25) is 0 Å². The second-order valence-corrected chi connectivity index (χ2v) is 29.2. The zero-order valence-corrected chi connectivity index (χ0v) is 58.4. The number of halogens is 1. The van der Waals surface area contributed by atoms with Crippen molar-refractivity contribution in [1.29, 1.82) is 0 Å². The maximum atomic E-state index is 14.5. The van der Waals surface area contributed by atoms with Crippen molar-refractivity contribution in [2.75, 3.05) is 0 Å². The van der Waals surface area contributed by atoms with Crippen molar-refractivity contribution in [1.82, 2.24) is 39.9 Å². The monoisotopic (exact) mass is 1210 g/mol. The van der Waals surface area contributed by atoms with E-state index in [1.807, 2.05) is 58.9 Å². The van der Waals surface area contributed by atoms with Crippen molar-refractivity contribution in [3.05, 3.63) is 180 Å². The number of rotatable bonds is 9. The molecule has 0 amide bonds. The summed E-state index contributed by atoms with van der Waals surface area (Å²) in [7, 11) is 0. The second kappa shape index (κ2) is 28.8. The van der Waals surface area contributed by atoms with Crippen LogP contribution < -0.4 is 5.73 Å². The van der Waals surface area contributed by atoms with Gasteiger partial charge in [0.25, 0.3) is 0 Å². The topological polar surface area (TPSA) is 149 Å². The highest BCUT2D eigenvalue weighted by Gasteiger charge is 2.30. The number of aromatic hydroxyl groups is 1. The van der Waals surface area contributed by atoms with Crippen molar-refractivity contribution < 1.29 is 9.50 Å². The van der Waals surface area contributed by atoms with Crippen molar-refractivity contribution in [2.45, 2.75) is 252 Å². The molecule has 3 N–H and O–H groups in total. The summed E-state index contributed by atoms with van der Waals surface area (Å²) in [5.41, 5.74) is 28.8. The fourth-order valence-corrected chi connectivity index (χ4v) is 12.4. The van der Waals surface area contributed by atoms with Crippen molar-refractivity contribution in [3.63, 3.8) is 0 Å². The molecule has 478 valence electrons. The van der Waals surface area contributed by atoms with Gasteiger partial charge >= 0.3 is 0 Å². The van der Waals surface area contributed by atoms with E-state index in [1.165, 1.54) is 39.8 Å². The number of nitrogens with zero attached hydrogens (tertiary/aromatic N) is 8. The summed E-state index contributed by atoms with van der Waals surface area (Å²) >= 11 is 0. The molecule has 8 aromatic rings. The number of benzene rings is 4. The third-order valence-electron chi connectivity index (χ3n) is 17.0. The first-order chi connectivity index (χ1) is 40.7. The van der Waals surface area contributed by atoms with Gasteiger partial charge in [0.15, 0.2) is 23.3 Å². The van der Waals surface area contributed by atoms with Crippen LogP contribution in [0.2, 0.25) is 0 Å². The predicted molar refractivity (Wildman–Crippen MR) is 373 cm³/mol. The normalized spacial score (nSPS) is 12.9. The van der Waals surface area contributed by atoms with E-state index in [1.54, 1.807) is 12.1 Å². The van der Waals surface area contributed by atoms with Gasteiger partial charge in [-0.2, -0.15) is 0 Å². The van der Waals surface area contributed by atoms with Crippen LogP contribution in [0.5, 0.6) is 5.75 Å². The molecule has 4 aromatic heterocycles. The van der Waals surface area contributed by atoms with Gasteiger partial charge in [-0.25, -0.2) is 44.3 Å². The van der Waals surface area contributed by atoms with E-state index in [4.69, 9.17) is 25.7 Å². The smallest absolute Gasteiger partial charge is 0.163 e. The van der Waals surface area contributed by atoms with E-state index in [0.29, 0.717) is 58.4 Å². The van der Waals surface area contributed by atoms with Gasteiger partial charge in [-0.1, -0.05) is 188 Å². The molecule has 10 nitrogen and oxygen atoms in total. The quantitative estimate of drug-likeness (QED) is 0.143. The summed E-state index contributed by atoms with van der Waals surface area (Å²) in [6, 6.07) is 26.4. The van der Waals surface area contributed by atoms with Crippen LogP contribution in [0.3, 0.4) is 0 Å². The first-order valence-electron chi connectivity index (χ1n) is 31.8. The molecule has 1 aliphatic carbocycles. The molecule has 9 rings (SSSR count). The zero-order valence-electron chi connectivity index (χ0n) is 58.4. The Bertz CT molecular complexity index is 3570. The van der Waals surface area contributed by atoms with Gasteiger partial charge in [0.05, 0.1) is 16.8 Å². The Morgan fingerprint density at radius 2 is 0.798 bits per heavy atom. The molecule has 0 unspecified atom stereocenters. The van der Waals surface area contributed by atoms with Crippen LogP contribution in [0, 0.1) is 54.3 Å². The van der Waals surface area contributed by atoms with Crippen molar-refractivity contribution >= 4 is 0 Å². The van der Waals surface area contributed by atoms with E-state index in [2.05, 4.69) is 208 Å². The van der Waals surface area contributed by atoms with E-state index in [0.717, 1.165) is 91.4 Å². The molecule has 0 aliphatic heterocycles. The van der Waals surface area contributed by atoms with Crippen molar-refractivity contribution in [2.24, 2.45) is 5.73 Å². The van der Waals surface area contributed by atoms with Gasteiger partial charge < -0.3 is 10.8 Å². The molecule has 1 aliphatic rings. The number of aryl methyl sites for hydroxylation is 8. The average molecular weight is 1210 g/mol. The van der Waals surface area contributed by atoms with Gasteiger partial charge in [-0.3, -0.25) is 0 Å². The summed E-state index contributed by atoms with van der Waals surface area (Å²) in [6.45, 7) is 55.8. The molecule has 89 heavy (non-hydrogen) atoms. The van der Waals surface area contributed by atoms with Crippen LogP contribution in [0.1, 0.15) is 265 Å². The molecular weight excluding hydrogens is 1100 g/mol. The summed E-state index contributed by atoms with van der Waals surface area (Å²) in [4.78, 5) is 37.2. The highest BCUT2D eigenvalue weighted by molar-refractivity contribution is 5.66. The minimum absolute atomic E-state index is 0. The molecule has 0 saturated carbocycles. The third kappa shape index (κ3) is 17.4. The lowest BCUT2D eigenvalue weighted by Crippen LogP contribution is -2.12. The first kappa shape index (κ1) is 72.6. The highest BCUT2D eigenvalue weighted by Crippen LogP contribution is 2.41. The van der Waals surface area contributed by atoms with Crippen LogP contribution in [-0.4, -0.2) is 45.0 Å². The number of phenols is 1. The van der Waals surface area contributed by atoms with Crippen LogP contribution in [0.25, 0.3) is 45.6 Å². The Kier molecular flexibility index (Phi) is 23.5. The maximum Gasteiger partial charge on any atom is 0.163 e. The minimum Gasteiger partial charge on any atom is -0.507 e. The summed E-state index contributed by atoms with van der Waals surface area (Å²) in [6.07, 6.45) is 2.40. The van der Waals surface area contributed by atoms with Gasteiger partial charge in [-0.05, 0) is 187 Å². The standard InChI is InChI=1S/C20H26N2.C19H25FN2.C19H27N3.C19H26N2O.CH4/c1-12(2)18-13(3)21-19(22-14(18)4)16-7-8-17-15(11-16)9-10-20(17,5)6;1-11(2)17-12(3)21-18(22-13(17)4)15-9-8-14(10-16(15)20)19(5,6)7;1-12(2)17-13(3)21-18(22-16(17)11-20)14-7-9-15(10-8-14)19(4,5)6;1-11(2)17-12(3)20-18(21-13(17)4)15-9-8-14(10-16(15)22)19(5,6)7;/h7-8,11-12H,9-10H2,1-6H3;8-11H,1-7H3;7-10,12H,11,20H2,1-6H3;8-11,22H,1-7H3;1H4. The number of hydrogen-bond donors (Lipinski definition) is 2. The zero-order chi connectivity index (χ0) is 65.9. The van der Waals surface area contributed by atoms with E-state index in [-0.39, 0.29) is 35.2 Å². The van der Waals surface area contributed by atoms with Crippen LogP contribution >= 0.6 is 0 Å². The van der Waals surface area contributed by atoms with Crippen LogP contribution in [0.15, 0.2) is 78.9 Å². The Hall–Kier alpha value is -7.11. The average Bonchev–Trinajstić information content (AvgIpc) is 2.10. The van der Waals surface area contributed by atoms with Crippen LogP contribution in [-0.2, 0) is 34.6 Å². The molecule has 0 atom stereocenters. The molecule has 4 aromatic carbocycles.